The van der Waals surface area contributed by atoms with Crippen LogP contribution in [0.4, 0.5) is 0 Å². The highest BCUT2D eigenvalue weighted by Gasteiger charge is 2.31. The van der Waals surface area contributed by atoms with Crippen molar-refractivity contribution in [1.29, 1.82) is 5.26 Å². The summed E-state index contributed by atoms with van der Waals surface area (Å²) in [7, 11) is -6.21. The molecule has 0 spiro atoms. The van der Waals surface area contributed by atoms with Gasteiger partial charge >= 0.3 is 11.9 Å². The normalized spacial score (nSPS) is 12.1. The van der Waals surface area contributed by atoms with E-state index in [1.807, 2.05) is 104 Å². The van der Waals surface area contributed by atoms with Gasteiger partial charge in [-0.05, 0) is 151 Å². The molecule has 8 aromatic rings. The lowest BCUT2D eigenvalue weighted by atomic mass is 9.73. The number of nitrogens with zero attached hydrogens (tertiary/aromatic N) is 3. The van der Waals surface area contributed by atoms with E-state index < -0.39 is 37.0 Å². The SMILES string of the molecule is [C-]#[N+]/C(=C\c1cc[n+](CCOC(=O)CCC(C)(c2ccc(Oc3ccc(S(=O)(=O)c4ccc(C)cc4)cc3)cc2)c2ccc(Oc3ccc(S(=O)(=O)c4ccc(C)cc4)cc3)cc2)cc1)c1ccc(C(C#N)C(=O)OC)cc1. The molecule has 15 heteroatoms. The third-order valence-electron chi connectivity index (χ3n) is 13.3. The van der Waals surface area contributed by atoms with Crippen LogP contribution in [0.3, 0.4) is 0 Å². The van der Waals surface area contributed by atoms with E-state index in [4.69, 9.17) is 25.5 Å². The van der Waals surface area contributed by atoms with Crippen molar-refractivity contribution in [3.05, 3.63) is 245 Å². The van der Waals surface area contributed by atoms with Crippen molar-refractivity contribution in [1.82, 2.24) is 0 Å². The van der Waals surface area contributed by atoms with Crippen LogP contribution in [0.2, 0.25) is 0 Å². The first kappa shape index (κ1) is 55.1. The minimum atomic E-state index is -3.72. The minimum Gasteiger partial charge on any atom is -0.468 e. The predicted octanol–water partition coefficient (Wildman–Crippen LogP) is 12.4. The summed E-state index contributed by atoms with van der Waals surface area (Å²) in [6.07, 6.45) is 5.84. The molecular formula is C63H54N3O10S2+. The molecule has 0 radical (unpaired) electrons. The van der Waals surface area contributed by atoms with E-state index in [0.29, 0.717) is 52.8 Å². The largest absolute Gasteiger partial charge is 0.468 e. The number of nitriles is 1. The lowest BCUT2D eigenvalue weighted by Crippen LogP contribution is -2.35. The zero-order chi connectivity index (χ0) is 55.5. The van der Waals surface area contributed by atoms with Gasteiger partial charge in [0.25, 0.3) is 0 Å². The quantitative estimate of drug-likeness (QED) is 0.0404. The zero-order valence-electron chi connectivity index (χ0n) is 43.2. The molecule has 13 nitrogen and oxygen atoms in total. The average Bonchev–Trinajstić information content (AvgIpc) is 3.49. The molecule has 78 heavy (non-hydrogen) atoms. The summed E-state index contributed by atoms with van der Waals surface area (Å²) in [4.78, 5) is 29.8. The second-order valence-corrected chi connectivity index (χ2v) is 22.5. The molecular weight excluding hydrogens is 1020 g/mol. The lowest BCUT2D eigenvalue weighted by molar-refractivity contribution is -0.697. The first-order chi connectivity index (χ1) is 37.5. The highest BCUT2D eigenvalue weighted by Crippen LogP contribution is 2.39. The smallest absolute Gasteiger partial charge is 0.327 e. The number of esters is 2. The molecule has 0 saturated carbocycles. The van der Waals surface area contributed by atoms with Crippen LogP contribution in [0.1, 0.15) is 64.6 Å². The van der Waals surface area contributed by atoms with E-state index >= 15 is 0 Å². The van der Waals surface area contributed by atoms with E-state index in [-0.39, 0.29) is 38.6 Å². The summed E-state index contributed by atoms with van der Waals surface area (Å²) >= 11 is 0. The van der Waals surface area contributed by atoms with Gasteiger partial charge < -0.3 is 18.9 Å². The van der Waals surface area contributed by atoms with Crippen LogP contribution in [-0.2, 0) is 50.7 Å². The van der Waals surface area contributed by atoms with Crippen molar-refractivity contribution in [2.24, 2.45) is 0 Å². The summed E-state index contributed by atoms with van der Waals surface area (Å²) in [6.45, 7) is 14.1. The standard InChI is InChI=1S/C63H54N3O10S2/c1-44-6-26-55(27-7-44)77(69,70)57-30-22-53(23-31-57)75-51-18-14-49(15-19-51)63(3,50-16-20-52(21-17-50)76-54-24-32-58(33-25-54)78(71,72)56-28-8-45(2)9-29-56)37-34-61(67)74-41-40-66-38-35-46(36-39-66)42-60(65-4)48-12-10-47(11-13-48)59(43-64)62(68)73-5/h6-33,35-36,38-39,42,59H,34,37,40-41H2,1-3,5H3/q+1/b60-42-. The van der Waals surface area contributed by atoms with E-state index in [0.717, 1.165) is 27.8 Å². The van der Waals surface area contributed by atoms with Gasteiger partial charge in [-0.25, -0.2) is 26.2 Å². The number of aromatic nitrogens is 1. The fourth-order valence-corrected chi connectivity index (χ4v) is 11.1. The van der Waals surface area contributed by atoms with E-state index in [9.17, 15) is 31.7 Å². The van der Waals surface area contributed by atoms with Gasteiger partial charge in [0.15, 0.2) is 37.2 Å². The number of sulfone groups is 2. The maximum Gasteiger partial charge on any atom is 0.327 e. The first-order valence-electron chi connectivity index (χ1n) is 24.7. The molecule has 0 aliphatic heterocycles. The van der Waals surface area contributed by atoms with Crippen molar-refractivity contribution < 1.29 is 49.9 Å². The number of pyridine rings is 1. The van der Waals surface area contributed by atoms with Gasteiger partial charge in [-0.3, -0.25) is 9.59 Å². The Morgan fingerprint density at radius 1 is 0.628 bits per heavy atom. The maximum absolute atomic E-state index is 13.5. The highest BCUT2D eigenvalue weighted by atomic mass is 32.2. The number of hydrogen-bond acceptors (Lipinski definition) is 11. The molecule has 392 valence electrons. The van der Waals surface area contributed by atoms with Crippen molar-refractivity contribution in [2.75, 3.05) is 13.7 Å². The summed E-state index contributed by atoms with van der Waals surface area (Å²) in [5.74, 6) is -0.177. The fraction of sp³-hybridized carbons (Fsp3) is 0.159. The number of rotatable bonds is 20. The molecule has 7 aromatic carbocycles. The van der Waals surface area contributed by atoms with Crippen molar-refractivity contribution in [3.63, 3.8) is 0 Å². The molecule has 1 aromatic heterocycles. The maximum atomic E-state index is 13.5. The Morgan fingerprint density at radius 2 is 1.04 bits per heavy atom. The summed E-state index contributed by atoms with van der Waals surface area (Å²) < 4.78 is 77.7. The van der Waals surface area contributed by atoms with Crippen LogP contribution in [0.25, 0.3) is 16.6 Å². The van der Waals surface area contributed by atoms with Crippen LogP contribution in [0.5, 0.6) is 23.0 Å². The number of benzene rings is 7. The molecule has 1 heterocycles. The van der Waals surface area contributed by atoms with E-state index in [1.54, 1.807) is 103 Å². The Bertz CT molecular complexity index is 3590. The first-order valence-corrected chi connectivity index (χ1v) is 27.7. The number of aryl methyl sites for hydroxylation is 2. The Kier molecular flexibility index (Phi) is 17.1. The van der Waals surface area contributed by atoms with Crippen LogP contribution in [-0.4, -0.2) is 42.5 Å². The molecule has 1 atom stereocenters. The van der Waals surface area contributed by atoms with Gasteiger partial charge in [0.05, 0.1) is 39.3 Å². The van der Waals surface area contributed by atoms with Crippen molar-refractivity contribution in [2.45, 2.75) is 71.1 Å². The topological polar surface area (TPSA) is 171 Å². The Hall–Kier alpha value is -9.15. The monoisotopic (exact) mass is 1080 g/mol. The summed E-state index contributed by atoms with van der Waals surface area (Å²) in [5, 5.41) is 9.43. The predicted molar refractivity (Wildman–Crippen MR) is 294 cm³/mol. The third kappa shape index (κ3) is 13.1. The Morgan fingerprint density at radius 3 is 1.44 bits per heavy atom. The zero-order valence-corrected chi connectivity index (χ0v) is 44.8. The molecule has 0 aliphatic carbocycles. The van der Waals surface area contributed by atoms with E-state index in [1.165, 1.54) is 31.4 Å². The number of methoxy groups -OCH3 is 1. The molecule has 0 N–H and O–H groups in total. The molecule has 0 fully saturated rings. The summed E-state index contributed by atoms with van der Waals surface area (Å²) in [5.41, 5.74) is 5.19. The molecule has 8 rings (SSSR count). The third-order valence-corrected chi connectivity index (χ3v) is 16.8. The minimum absolute atomic E-state index is 0.0807. The van der Waals surface area contributed by atoms with Gasteiger partial charge in [0.2, 0.25) is 19.7 Å². The number of carbonyl (C=O) groups is 2. The Balaban J connectivity index is 0.936. The van der Waals surface area contributed by atoms with Gasteiger partial charge in [-0.1, -0.05) is 90.8 Å². The molecule has 0 aliphatic rings. The van der Waals surface area contributed by atoms with Crippen molar-refractivity contribution >= 4 is 43.4 Å². The lowest BCUT2D eigenvalue weighted by Gasteiger charge is -2.31. The van der Waals surface area contributed by atoms with Crippen LogP contribution in [0.15, 0.2) is 214 Å². The second kappa shape index (κ2) is 24.2. The average molecular weight is 1080 g/mol. The molecule has 0 amide bonds. The highest BCUT2D eigenvalue weighted by molar-refractivity contribution is 7.91. The van der Waals surface area contributed by atoms with Crippen LogP contribution >= 0.6 is 0 Å². The van der Waals surface area contributed by atoms with Crippen molar-refractivity contribution in [3.8, 4) is 29.1 Å². The second-order valence-electron chi connectivity index (χ2n) is 18.6. The number of carbonyl (C=O) groups excluding carboxylic acids is 2. The Labute approximate surface area is 454 Å². The van der Waals surface area contributed by atoms with Gasteiger partial charge in [0.1, 0.15) is 23.0 Å². The van der Waals surface area contributed by atoms with Crippen LogP contribution < -0.4 is 14.0 Å². The van der Waals surface area contributed by atoms with E-state index in [2.05, 4.69) is 4.85 Å². The van der Waals surface area contributed by atoms with Gasteiger partial charge in [0, 0.05) is 24.0 Å². The number of hydrogen-bond donors (Lipinski definition) is 0. The fourth-order valence-electron chi connectivity index (χ4n) is 8.56. The van der Waals surface area contributed by atoms with Gasteiger partial charge in [-0.2, -0.15) is 5.26 Å². The summed E-state index contributed by atoms with van der Waals surface area (Å²) in [6, 6.07) is 53.2. The van der Waals surface area contributed by atoms with Crippen LogP contribution in [0, 0.1) is 31.8 Å². The number of ether oxygens (including phenoxy) is 4. The molecule has 1 unspecified atom stereocenters. The molecule has 0 bridgehead atoms. The molecule has 0 saturated heterocycles. The van der Waals surface area contributed by atoms with Gasteiger partial charge in [-0.15, -0.1) is 0 Å².